The van der Waals surface area contributed by atoms with Gasteiger partial charge in [0.2, 0.25) is 0 Å². The van der Waals surface area contributed by atoms with Crippen molar-refractivity contribution in [3.63, 3.8) is 0 Å². The molecule has 2 atom stereocenters. The van der Waals surface area contributed by atoms with Crippen LogP contribution < -0.4 is 5.73 Å². The normalized spacial score (nSPS) is 30.8. The van der Waals surface area contributed by atoms with Crippen molar-refractivity contribution in [1.82, 2.24) is 9.96 Å². The lowest BCUT2D eigenvalue weighted by molar-refractivity contribution is -0.0316. The summed E-state index contributed by atoms with van der Waals surface area (Å²) in [5.41, 5.74) is 6.05. The molecule has 11 nitrogen and oxygen atoms in total. The molecular weight excluding hydrogens is 376 g/mol. The number of hydroxylamine groups is 2. The average Bonchev–Trinajstić information content (AvgIpc) is 2.73. The van der Waals surface area contributed by atoms with Gasteiger partial charge in [-0.3, -0.25) is 9.55 Å². The molecule has 13 heteroatoms. The van der Waals surface area contributed by atoms with Crippen LogP contribution in [-0.4, -0.2) is 79.4 Å². The second-order valence-corrected chi connectivity index (χ2v) is 9.76. The molecule has 3 aliphatic heterocycles. The number of hydrogen-bond acceptors (Lipinski definition) is 7. The van der Waals surface area contributed by atoms with Crippen LogP contribution in [0.3, 0.4) is 0 Å². The van der Waals surface area contributed by atoms with Gasteiger partial charge in [-0.05, 0) is 25.7 Å². The van der Waals surface area contributed by atoms with Crippen LogP contribution in [0.2, 0.25) is 0 Å². The van der Waals surface area contributed by atoms with Crippen LogP contribution in [0.1, 0.15) is 25.7 Å². The number of rotatable bonds is 4. The first kappa shape index (κ1) is 18.4. The largest absolute Gasteiger partial charge is 0.418 e. The predicted octanol–water partition coefficient (Wildman–Crippen LogP) is -1.08. The molecule has 0 aromatic rings. The molecule has 2 bridgehead atoms. The van der Waals surface area contributed by atoms with Crippen molar-refractivity contribution in [2.45, 2.75) is 43.8 Å². The lowest BCUT2D eigenvalue weighted by Crippen LogP contribution is -2.48. The van der Waals surface area contributed by atoms with Crippen LogP contribution in [0, 0.1) is 0 Å². The highest BCUT2D eigenvalue weighted by Gasteiger charge is 2.48. The molecular formula is C12H20N4O7S2. The third-order valence-corrected chi connectivity index (χ3v) is 6.76. The summed E-state index contributed by atoms with van der Waals surface area (Å²) in [5, 5.41) is 0.649. The van der Waals surface area contributed by atoms with Crippen LogP contribution in [0.4, 0.5) is 4.79 Å². The third kappa shape index (κ3) is 4.04. The summed E-state index contributed by atoms with van der Waals surface area (Å²) >= 11 is 0. The number of aliphatic imine (C=N–C) groups is 1. The molecule has 3 fully saturated rings. The SMILES string of the molecule is NC(=NC1CCS(=O)(=O)CC1)[C@@H]1CC[C@@H]2CN1C(=O)N2OS(=O)(=O)O. The molecule has 3 aliphatic rings. The maximum atomic E-state index is 12.3. The molecule has 3 saturated heterocycles. The Morgan fingerprint density at radius 1 is 1.24 bits per heavy atom. The lowest BCUT2D eigenvalue weighted by atomic mass is 10.00. The summed E-state index contributed by atoms with van der Waals surface area (Å²) in [4.78, 5) is 18.1. The van der Waals surface area contributed by atoms with E-state index in [-0.39, 0.29) is 29.9 Å². The fourth-order valence-electron chi connectivity index (χ4n) is 3.44. The van der Waals surface area contributed by atoms with Gasteiger partial charge in [-0.1, -0.05) is 0 Å². The molecule has 0 unspecified atom stereocenters. The first-order valence-corrected chi connectivity index (χ1v) is 11.0. The van der Waals surface area contributed by atoms with Gasteiger partial charge in [0.1, 0.15) is 15.7 Å². The van der Waals surface area contributed by atoms with E-state index in [4.69, 9.17) is 10.3 Å². The van der Waals surface area contributed by atoms with E-state index in [0.29, 0.717) is 30.7 Å². The zero-order valence-electron chi connectivity index (χ0n) is 13.3. The number of sulfone groups is 1. The van der Waals surface area contributed by atoms with E-state index in [9.17, 15) is 21.6 Å². The standard InChI is InChI=1S/C12H20N4O7S2/c13-11(14-8-3-5-24(18,19)6-4-8)10-2-1-9-7-15(10)12(17)16(9)23-25(20,21)22/h8-10H,1-7H2,(H2,13,14)(H,20,21,22)/t9-,10+/m1/s1. The number of amidine groups is 1. The molecule has 25 heavy (non-hydrogen) atoms. The Morgan fingerprint density at radius 3 is 2.48 bits per heavy atom. The van der Waals surface area contributed by atoms with Gasteiger partial charge in [-0.25, -0.2) is 13.2 Å². The summed E-state index contributed by atoms with van der Waals surface area (Å²) in [6.45, 7) is 0.217. The van der Waals surface area contributed by atoms with E-state index in [1.807, 2.05) is 0 Å². The number of amides is 2. The number of nitrogens with two attached hydrogens (primary N) is 1. The predicted molar refractivity (Wildman–Crippen MR) is 86.7 cm³/mol. The van der Waals surface area contributed by atoms with Gasteiger partial charge in [-0.15, -0.1) is 4.28 Å². The van der Waals surface area contributed by atoms with Crippen LogP contribution >= 0.6 is 0 Å². The highest BCUT2D eigenvalue weighted by atomic mass is 32.3. The van der Waals surface area contributed by atoms with Crippen molar-refractivity contribution in [1.29, 1.82) is 0 Å². The van der Waals surface area contributed by atoms with E-state index in [2.05, 4.69) is 9.28 Å². The van der Waals surface area contributed by atoms with Crippen LogP contribution in [0.15, 0.2) is 4.99 Å². The zero-order valence-corrected chi connectivity index (χ0v) is 14.9. The second kappa shape index (κ2) is 6.37. The molecule has 142 valence electrons. The molecule has 3 N–H and O–H groups in total. The van der Waals surface area contributed by atoms with E-state index in [1.165, 1.54) is 4.90 Å². The van der Waals surface area contributed by atoms with E-state index in [0.717, 1.165) is 0 Å². The van der Waals surface area contributed by atoms with Gasteiger partial charge in [0.25, 0.3) is 0 Å². The Kier molecular flexibility index (Phi) is 4.68. The van der Waals surface area contributed by atoms with E-state index in [1.54, 1.807) is 0 Å². The lowest BCUT2D eigenvalue weighted by Gasteiger charge is -2.30. The van der Waals surface area contributed by atoms with Gasteiger partial charge in [0.15, 0.2) is 0 Å². The monoisotopic (exact) mass is 396 g/mol. The fraction of sp³-hybridized carbons (Fsp3) is 0.833. The highest BCUT2D eigenvalue weighted by Crippen LogP contribution is 2.31. The number of carbonyl (C=O) groups excluding carboxylic acids is 1. The van der Waals surface area contributed by atoms with Gasteiger partial charge in [-0.2, -0.15) is 13.5 Å². The maximum absolute atomic E-state index is 12.3. The van der Waals surface area contributed by atoms with Crippen LogP contribution in [0.25, 0.3) is 0 Å². The molecule has 3 rings (SSSR count). The topological polar surface area (TPSA) is 160 Å². The number of nitrogens with zero attached hydrogens (tertiary/aromatic N) is 3. The van der Waals surface area contributed by atoms with Crippen molar-refractivity contribution in [3.05, 3.63) is 0 Å². The van der Waals surface area contributed by atoms with Gasteiger partial charge < -0.3 is 10.6 Å². The molecule has 3 heterocycles. The first-order chi connectivity index (χ1) is 11.6. The Hall–Kier alpha value is -1.44. The number of piperidine rings is 1. The number of carbonyl (C=O) groups is 1. The summed E-state index contributed by atoms with van der Waals surface area (Å²) in [7, 11) is -7.79. The Labute approximate surface area is 145 Å². The number of fused-ring (bicyclic) bond motifs is 2. The van der Waals surface area contributed by atoms with Gasteiger partial charge in [0.05, 0.1) is 29.6 Å². The van der Waals surface area contributed by atoms with Crippen molar-refractivity contribution >= 4 is 32.1 Å². The smallest absolute Gasteiger partial charge is 0.386 e. The summed E-state index contributed by atoms with van der Waals surface area (Å²) in [5.74, 6) is 0.365. The molecule has 0 saturated carbocycles. The second-order valence-electron chi connectivity index (χ2n) is 6.45. The van der Waals surface area contributed by atoms with Crippen molar-refractivity contribution in [2.24, 2.45) is 10.7 Å². The minimum atomic E-state index is -4.79. The molecule has 0 spiro atoms. The maximum Gasteiger partial charge on any atom is 0.418 e. The van der Waals surface area contributed by atoms with E-state index >= 15 is 0 Å². The quantitative estimate of drug-likeness (QED) is 0.345. The van der Waals surface area contributed by atoms with Crippen molar-refractivity contribution in [3.8, 4) is 0 Å². The minimum Gasteiger partial charge on any atom is -0.386 e. The average molecular weight is 396 g/mol. The first-order valence-electron chi connectivity index (χ1n) is 7.86. The highest BCUT2D eigenvalue weighted by molar-refractivity contribution is 7.91. The van der Waals surface area contributed by atoms with E-state index < -0.39 is 38.4 Å². The van der Waals surface area contributed by atoms with Gasteiger partial charge >= 0.3 is 16.4 Å². The zero-order chi connectivity index (χ0) is 18.4. The van der Waals surface area contributed by atoms with Crippen LogP contribution in [0.5, 0.6) is 0 Å². The molecule has 0 aliphatic carbocycles. The summed E-state index contributed by atoms with van der Waals surface area (Å²) < 4.78 is 57.8. The number of urea groups is 1. The molecule has 0 radical (unpaired) electrons. The summed E-state index contributed by atoms with van der Waals surface area (Å²) in [6.07, 6.45) is 1.70. The number of hydrogen-bond donors (Lipinski definition) is 2. The van der Waals surface area contributed by atoms with Crippen molar-refractivity contribution < 1.29 is 30.5 Å². The van der Waals surface area contributed by atoms with Crippen molar-refractivity contribution in [2.75, 3.05) is 18.1 Å². The Balaban J connectivity index is 1.70. The minimum absolute atomic E-state index is 0.0693. The van der Waals surface area contributed by atoms with Crippen LogP contribution in [-0.2, 0) is 24.5 Å². The third-order valence-electron chi connectivity index (χ3n) is 4.69. The summed E-state index contributed by atoms with van der Waals surface area (Å²) in [6, 6.07) is -1.89. The molecule has 2 amide bonds. The Bertz CT molecular complexity index is 780. The fourth-order valence-corrected chi connectivity index (χ4v) is 5.30. The molecule has 0 aromatic heterocycles. The van der Waals surface area contributed by atoms with Gasteiger partial charge in [0, 0.05) is 6.54 Å². The Morgan fingerprint density at radius 2 is 1.88 bits per heavy atom. The molecule has 0 aromatic carbocycles.